The second-order valence-corrected chi connectivity index (χ2v) is 37.8. The van der Waals surface area contributed by atoms with Gasteiger partial charge in [0, 0.05) is 211 Å². The standard InChI is InChI=1S/3C21H19N3O2.2C18H15ClN2O.C16H15N3O/c1-26-19-5-2-4-17-16(19)11-18(23-17)21-15-10-14(8-7-13(15)12-22-21)24-9-3-6-20(24)25;1-26-16-7-5-13-9-19(23-18(13)11-16)21-17-10-15(6-4-14(17)12-22-21)24-8-2-3-20(24)25;1-26-16-6-7-18-14(9-16)10-19(23-18)21-17-11-15(5-4-13(17)12-22-21)24-8-2-3-20(24)25;19-14-4-1-3-12(9-14)18-16-10-15(7-6-13(16)11-20-18)21-8-2-5-17(21)22;19-14-6-3-12(4-7-14)18-16-10-15(8-5-13(16)11-20-18)21-9-1-2-17(21)22;20-15-4-2-8-19(15)12-6-5-11-10-18-16(13(11)9-12)14-3-1-7-17-14/h2,4-5,7-8,10-11,23H,3,6,9,12H2,1H3;2*4-7,9-11,23H,2-3,8,12H2,1H3;1,3-4,6-7,9-10H,2,5,8,11H2;3-8,10H,1-2,9,11H2;1,3,5-7,9,17H,2,4,8,10H2. The number of nitrogens with one attached hydrogen (secondary N) is 4. The Labute approximate surface area is 830 Å². The number of hydrogen-bond donors (Lipinski definition) is 4. The predicted molar refractivity (Wildman–Crippen MR) is 562 cm³/mol. The van der Waals surface area contributed by atoms with Gasteiger partial charge in [0.25, 0.3) is 0 Å². The monoisotopic (exact) mass is 1920 g/mol. The first-order valence-electron chi connectivity index (χ1n) is 48.5. The number of fused-ring (bicyclic) bond motifs is 9. The van der Waals surface area contributed by atoms with Crippen molar-refractivity contribution in [1.29, 1.82) is 0 Å². The maximum absolute atomic E-state index is 12.1. The number of aliphatic imine (C=N–C) groups is 6. The number of methoxy groups -OCH3 is 3. The summed E-state index contributed by atoms with van der Waals surface area (Å²) in [6, 6.07) is 81.1. The lowest BCUT2D eigenvalue weighted by molar-refractivity contribution is -0.117. The minimum atomic E-state index is 0.205. The van der Waals surface area contributed by atoms with Crippen LogP contribution in [0.25, 0.3) is 32.7 Å². The largest absolute Gasteiger partial charge is 0.497 e. The van der Waals surface area contributed by atoms with Gasteiger partial charge in [-0.3, -0.25) is 58.7 Å². The van der Waals surface area contributed by atoms with Crippen LogP contribution in [0.1, 0.15) is 178 Å². The van der Waals surface area contributed by atoms with Crippen molar-refractivity contribution < 1.29 is 43.0 Å². The maximum Gasteiger partial charge on any atom is 0.227 e. The van der Waals surface area contributed by atoms with E-state index < -0.39 is 0 Å². The number of nitrogens with zero attached hydrogens (tertiary/aromatic N) is 12. The van der Waals surface area contributed by atoms with Gasteiger partial charge in [-0.05, 0) is 242 Å². The van der Waals surface area contributed by atoms with Crippen molar-refractivity contribution >= 4 is 160 Å². The smallest absolute Gasteiger partial charge is 0.227 e. The second kappa shape index (κ2) is 39.4. The van der Waals surface area contributed by atoms with Crippen LogP contribution in [-0.2, 0) is 68.0 Å². The molecule has 6 saturated heterocycles. The number of anilines is 6. The van der Waals surface area contributed by atoms with Crippen molar-refractivity contribution in [2.24, 2.45) is 30.0 Å². The van der Waals surface area contributed by atoms with Crippen LogP contribution < -0.4 is 43.6 Å². The highest BCUT2D eigenvalue weighted by Gasteiger charge is 2.34. The Balaban J connectivity index is 0.0000000979. The Hall–Kier alpha value is -15.9. The van der Waals surface area contributed by atoms with Gasteiger partial charge >= 0.3 is 0 Å². The number of aromatic amines is 4. The van der Waals surface area contributed by atoms with Crippen LogP contribution in [0, 0.1) is 0 Å². The van der Waals surface area contributed by atoms with Crippen LogP contribution in [0.4, 0.5) is 34.1 Å². The molecule has 25 nitrogen and oxygen atoms in total. The van der Waals surface area contributed by atoms with Gasteiger partial charge in [-0.15, -0.1) is 0 Å². The zero-order valence-electron chi connectivity index (χ0n) is 78.9. The van der Waals surface area contributed by atoms with Gasteiger partial charge in [0.15, 0.2) is 0 Å². The molecule has 0 atom stereocenters. The lowest BCUT2D eigenvalue weighted by atomic mass is 9.99. The Kier molecular flexibility index (Phi) is 25.3. The molecule has 0 radical (unpaired) electrons. The highest BCUT2D eigenvalue weighted by molar-refractivity contribution is 6.32. The molecule has 6 fully saturated rings. The third-order valence-corrected chi connectivity index (χ3v) is 28.7. The van der Waals surface area contributed by atoms with Gasteiger partial charge in [-0.2, -0.15) is 0 Å². The van der Waals surface area contributed by atoms with E-state index in [1.807, 2.05) is 187 Å². The molecular weight excluding hydrogens is 1820 g/mol. The fourth-order valence-electron chi connectivity index (χ4n) is 20.9. The van der Waals surface area contributed by atoms with Gasteiger partial charge in [0.1, 0.15) is 17.2 Å². The molecule has 16 heterocycles. The van der Waals surface area contributed by atoms with Gasteiger partial charge in [-0.1, -0.05) is 89.9 Å². The van der Waals surface area contributed by atoms with Crippen LogP contribution in [0.2, 0.25) is 10.0 Å². The van der Waals surface area contributed by atoms with Crippen LogP contribution in [-0.4, -0.2) is 150 Å². The molecule has 4 N–H and O–H groups in total. The molecule has 0 saturated carbocycles. The van der Waals surface area contributed by atoms with Crippen LogP contribution in [0.15, 0.2) is 279 Å². The average Bonchev–Trinajstić information content (AvgIpc) is 1.62. The van der Waals surface area contributed by atoms with Crippen LogP contribution >= 0.6 is 23.2 Å². The fourth-order valence-corrected chi connectivity index (χ4v) is 21.2. The van der Waals surface area contributed by atoms with E-state index in [9.17, 15) is 28.8 Å². The lowest BCUT2D eigenvalue weighted by Crippen LogP contribution is -2.23. The molecule has 12 aliphatic heterocycles. The Bertz CT molecular complexity index is 7640. The third-order valence-electron chi connectivity index (χ3n) is 28.2. The van der Waals surface area contributed by atoms with Crippen molar-refractivity contribution in [2.75, 3.05) is 90.0 Å². The summed E-state index contributed by atoms with van der Waals surface area (Å²) in [7, 11) is 5.03. The Morgan fingerprint density at radius 1 is 0.275 bits per heavy atom. The van der Waals surface area contributed by atoms with E-state index in [4.69, 9.17) is 52.4 Å². The molecule has 0 aliphatic carbocycles. The summed E-state index contributed by atoms with van der Waals surface area (Å²) in [5.41, 5.74) is 34.8. The molecule has 4 aromatic heterocycles. The molecule has 0 bridgehead atoms. The van der Waals surface area contributed by atoms with Crippen molar-refractivity contribution in [3.8, 4) is 17.2 Å². The number of amides is 6. The number of hydrogen-bond acceptors (Lipinski definition) is 15. The number of H-pyrrole nitrogens is 4. The molecule has 0 spiro atoms. The van der Waals surface area contributed by atoms with E-state index in [-0.39, 0.29) is 35.4 Å². The second-order valence-electron chi connectivity index (χ2n) is 36.9. The van der Waals surface area contributed by atoms with Crippen molar-refractivity contribution in [3.05, 3.63) is 360 Å². The first-order valence-corrected chi connectivity index (χ1v) is 49.3. The highest BCUT2D eigenvalue weighted by Crippen LogP contribution is 2.41. The summed E-state index contributed by atoms with van der Waals surface area (Å²) in [6.07, 6.45) is 11.4. The fraction of sp³-hybridized carbons (Fsp3) is 0.235. The summed E-state index contributed by atoms with van der Waals surface area (Å²) in [4.78, 5) is 125. The van der Waals surface area contributed by atoms with Gasteiger partial charge in [0.05, 0.1) is 118 Å². The van der Waals surface area contributed by atoms with E-state index in [2.05, 4.69) is 126 Å². The first-order chi connectivity index (χ1) is 69.5. The molecule has 15 aromatic rings. The number of aromatic nitrogens is 4. The molecule has 11 aromatic carbocycles. The van der Waals surface area contributed by atoms with Crippen LogP contribution in [0.5, 0.6) is 17.2 Å². The number of carbonyl (C=O) groups is 6. The number of rotatable bonds is 15. The van der Waals surface area contributed by atoms with Gasteiger partial charge in [-0.25, -0.2) is 0 Å². The summed E-state index contributed by atoms with van der Waals surface area (Å²) >= 11 is 12.1. The van der Waals surface area contributed by atoms with E-state index in [1.54, 1.807) is 21.3 Å². The normalized spacial score (nSPS) is 16.6. The van der Waals surface area contributed by atoms with E-state index in [1.165, 1.54) is 33.4 Å². The zero-order valence-corrected chi connectivity index (χ0v) is 80.5. The zero-order chi connectivity index (χ0) is 96.8. The number of halogens is 2. The molecule has 710 valence electrons. The average molecular weight is 1920 g/mol. The van der Waals surface area contributed by atoms with Crippen molar-refractivity contribution in [1.82, 2.24) is 19.9 Å². The molecule has 27 heteroatoms. The minimum Gasteiger partial charge on any atom is -0.497 e. The first kappa shape index (κ1) is 91.2. The lowest BCUT2D eigenvalue weighted by Gasteiger charge is -2.17. The highest BCUT2D eigenvalue weighted by atomic mass is 35.5. The quantitative estimate of drug-likeness (QED) is 0.0758. The van der Waals surface area contributed by atoms with Gasteiger partial charge in [0.2, 0.25) is 35.4 Å². The van der Waals surface area contributed by atoms with E-state index in [0.717, 1.165) is 275 Å². The van der Waals surface area contributed by atoms with Gasteiger partial charge < -0.3 is 63.5 Å². The number of benzene rings is 11. The summed E-state index contributed by atoms with van der Waals surface area (Å²) in [5.74, 6) is 3.78. The SMILES string of the molecule is COc1ccc2[nH]c(C3=NCc4ccc(N5CCCC5=O)cc43)cc2c1.COc1ccc2cc(C3=NCc4ccc(N5CCCC5=O)cc43)[nH]c2c1.COc1cccc2[nH]c(C3=NCc4ccc(N5CCCC5=O)cc43)cc12.O=C1CCCN1c1ccc2c(c1)C(c1ccc(Cl)cc1)=NC2.O=C1CCCN1c1ccc2c(c1)C(c1ccc[nH]1)=NC2.O=C1CCCN1c1ccc2c(c1)C(c1cccc(Cl)c1)=NC2. The molecular formula is C115H102Cl2N16O9. The molecule has 12 aliphatic rings. The summed E-state index contributed by atoms with van der Waals surface area (Å²) in [5, 5.41) is 4.70. The van der Waals surface area contributed by atoms with Crippen LogP contribution in [0.3, 0.4) is 0 Å². The van der Waals surface area contributed by atoms with E-state index in [0.29, 0.717) is 76.3 Å². The predicted octanol–water partition coefficient (Wildman–Crippen LogP) is 21.1. The number of ether oxygens (including phenoxy) is 3. The topological polar surface area (TPSA) is 287 Å². The maximum atomic E-state index is 12.1. The van der Waals surface area contributed by atoms with Crippen molar-refractivity contribution in [3.63, 3.8) is 0 Å². The minimum absolute atomic E-state index is 0.205. The van der Waals surface area contributed by atoms with Crippen molar-refractivity contribution in [2.45, 2.75) is 116 Å². The summed E-state index contributed by atoms with van der Waals surface area (Å²) < 4.78 is 16.1. The third kappa shape index (κ3) is 18.3. The molecule has 6 amide bonds. The Morgan fingerprint density at radius 3 is 1.02 bits per heavy atom. The molecule has 27 rings (SSSR count). The van der Waals surface area contributed by atoms with E-state index >= 15 is 0 Å². The number of carbonyl (C=O) groups excluding carboxylic acids is 6. The Morgan fingerprint density at radius 2 is 0.634 bits per heavy atom. The molecule has 142 heavy (non-hydrogen) atoms. The summed E-state index contributed by atoms with van der Waals surface area (Å²) in [6.45, 7) is 8.98. The molecule has 0 unspecified atom stereocenters.